The van der Waals surface area contributed by atoms with Gasteiger partial charge in [0.25, 0.3) is 5.56 Å². The highest BCUT2D eigenvalue weighted by Crippen LogP contribution is 2.38. The van der Waals surface area contributed by atoms with Crippen molar-refractivity contribution in [3.63, 3.8) is 0 Å². The number of ether oxygens (including phenoxy) is 4. The van der Waals surface area contributed by atoms with Crippen molar-refractivity contribution < 1.29 is 23.9 Å². The first kappa shape index (κ1) is 30.6. The molecule has 0 saturated heterocycles. The predicted molar refractivity (Wildman–Crippen MR) is 175 cm³/mol. The van der Waals surface area contributed by atoms with Gasteiger partial charge in [-0.05, 0) is 72.0 Å². The molecule has 0 spiro atoms. The molecule has 6 rings (SSSR count). The highest BCUT2D eigenvalue weighted by atomic mass is 35.5. The van der Waals surface area contributed by atoms with Crippen molar-refractivity contribution in [2.45, 2.75) is 33.3 Å². The number of hydrogen-bond donors (Lipinski definition) is 0. The molecule has 46 heavy (non-hydrogen) atoms. The number of benzene rings is 4. The molecule has 11 nitrogen and oxygen atoms in total. The largest absolute Gasteiger partial charge is 0.496 e. The van der Waals surface area contributed by atoms with Crippen LogP contribution in [0.1, 0.15) is 42.0 Å². The van der Waals surface area contributed by atoms with E-state index in [4.69, 9.17) is 35.5 Å². The van der Waals surface area contributed by atoms with Gasteiger partial charge in [-0.25, -0.2) is 4.98 Å². The van der Waals surface area contributed by atoms with Gasteiger partial charge in [0.1, 0.15) is 12.4 Å². The second-order valence-corrected chi connectivity index (χ2v) is 11.4. The first-order valence-corrected chi connectivity index (χ1v) is 14.8. The number of nitro groups is 1. The van der Waals surface area contributed by atoms with E-state index < -0.39 is 10.5 Å². The van der Waals surface area contributed by atoms with Gasteiger partial charge in [-0.3, -0.25) is 14.9 Å². The molecule has 1 aliphatic rings. The Morgan fingerprint density at radius 2 is 1.89 bits per heavy atom. The Balaban J connectivity index is 1.41. The molecule has 12 heteroatoms. The van der Waals surface area contributed by atoms with Crippen molar-refractivity contribution in [3.05, 3.63) is 114 Å². The van der Waals surface area contributed by atoms with E-state index in [1.807, 2.05) is 25.1 Å². The summed E-state index contributed by atoms with van der Waals surface area (Å²) in [6.45, 7) is 6.14. The number of nitro benzene ring substituents is 1. The van der Waals surface area contributed by atoms with Crippen LogP contribution in [0.3, 0.4) is 0 Å². The van der Waals surface area contributed by atoms with Gasteiger partial charge in [-0.15, -0.1) is 0 Å². The number of nitrogens with zero attached hydrogens (tertiary/aromatic N) is 4. The third-order valence-corrected chi connectivity index (χ3v) is 7.86. The molecule has 0 atom stereocenters. The Bertz CT molecular complexity index is 2090. The maximum atomic E-state index is 13.8. The number of aromatic nitrogens is 2. The number of para-hydroxylation sites is 1. The van der Waals surface area contributed by atoms with Crippen LogP contribution in [0.15, 0.2) is 76.6 Å². The number of hydrogen-bond acceptors (Lipinski definition) is 9. The van der Waals surface area contributed by atoms with Crippen molar-refractivity contribution in [1.29, 1.82) is 0 Å². The van der Waals surface area contributed by atoms with Gasteiger partial charge in [0.2, 0.25) is 12.5 Å². The third-order valence-electron chi connectivity index (χ3n) is 7.58. The van der Waals surface area contributed by atoms with E-state index in [0.717, 1.165) is 16.9 Å². The van der Waals surface area contributed by atoms with Crippen molar-refractivity contribution in [2.24, 2.45) is 5.10 Å². The Kier molecular flexibility index (Phi) is 8.33. The molecule has 0 aliphatic carbocycles. The molecular formula is C34H29ClN4O7. The molecule has 0 unspecified atom stereocenters. The summed E-state index contributed by atoms with van der Waals surface area (Å²) >= 11 is 6.52. The van der Waals surface area contributed by atoms with E-state index >= 15 is 0 Å². The van der Waals surface area contributed by atoms with E-state index in [1.165, 1.54) is 23.0 Å². The molecule has 0 fully saturated rings. The summed E-state index contributed by atoms with van der Waals surface area (Å²) in [6.07, 6.45) is 1.34. The lowest BCUT2D eigenvalue weighted by atomic mass is 9.96. The molecule has 0 amide bonds. The van der Waals surface area contributed by atoms with Gasteiger partial charge in [0.15, 0.2) is 17.3 Å². The molecule has 2 heterocycles. The normalized spacial score (nSPS) is 12.3. The maximum Gasteiger partial charge on any atom is 0.313 e. The van der Waals surface area contributed by atoms with Gasteiger partial charge >= 0.3 is 5.69 Å². The van der Waals surface area contributed by atoms with E-state index in [1.54, 1.807) is 43.5 Å². The van der Waals surface area contributed by atoms with Crippen molar-refractivity contribution >= 4 is 34.4 Å². The highest BCUT2D eigenvalue weighted by molar-refractivity contribution is 6.32. The van der Waals surface area contributed by atoms with Gasteiger partial charge in [0.05, 0.1) is 34.2 Å². The summed E-state index contributed by atoms with van der Waals surface area (Å²) in [5.74, 6) is 2.26. The van der Waals surface area contributed by atoms with Crippen LogP contribution in [-0.2, 0) is 6.61 Å². The van der Waals surface area contributed by atoms with Crippen LogP contribution >= 0.6 is 11.6 Å². The van der Waals surface area contributed by atoms with E-state index in [2.05, 4.69) is 18.9 Å². The Morgan fingerprint density at radius 3 is 2.65 bits per heavy atom. The molecule has 5 aromatic rings. The fraction of sp³-hybridized carbons (Fsp3) is 0.206. The van der Waals surface area contributed by atoms with Crippen LogP contribution < -0.4 is 24.5 Å². The average molecular weight is 641 g/mol. The Hall–Kier alpha value is -5.42. The van der Waals surface area contributed by atoms with Crippen LogP contribution in [0.4, 0.5) is 5.69 Å². The van der Waals surface area contributed by atoms with Crippen LogP contribution in [0.2, 0.25) is 5.02 Å². The molecule has 1 aliphatic heterocycles. The topological polar surface area (TPSA) is 127 Å². The lowest BCUT2D eigenvalue weighted by molar-refractivity contribution is -0.385. The zero-order valence-corrected chi connectivity index (χ0v) is 26.2. The van der Waals surface area contributed by atoms with E-state index in [-0.39, 0.29) is 41.3 Å². The first-order chi connectivity index (χ1) is 22.1. The SMILES string of the molecule is COc1cc(C)c(-c2nc3ccccc3c(=O)n2N=Cc2cc(Cl)c(OCc3ccc4c(c3)OCO4)c([N+](=O)[O-])c2)cc1C(C)C. The minimum Gasteiger partial charge on any atom is -0.496 e. The molecule has 0 radical (unpaired) electrons. The van der Waals surface area contributed by atoms with Crippen LogP contribution in [0.25, 0.3) is 22.3 Å². The maximum absolute atomic E-state index is 13.8. The Morgan fingerprint density at radius 1 is 1.11 bits per heavy atom. The number of methoxy groups -OCH3 is 1. The fourth-order valence-corrected chi connectivity index (χ4v) is 5.51. The molecule has 234 valence electrons. The van der Waals surface area contributed by atoms with Crippen molar-refractivity contribution in [2.75, 3.05) is 13.9 Å². The summed E-state index contributed by atoms with van der Waals surface area (Å²) < 4.78 is 23.3. The number of aryl methyl sites for hydroxylation is 1. The number of halogens is 1. The van der Waals surface area contributed by atoms with Gasteiger partial charge in [0, 0.05) is 17.2 Å². The lowest BCUT2D eigenvalue weighted by Crippen LogP contribution is -2.20. The zero-order valence-electron chi connectivity index (χ0n) is 25.4. The second-order valence-electron chi connectivity index (χ2n) is 11.0. The first-order valence-electron chi connectivity index (χ1n) is 14.4. The van der Waals surface area contributed by atoms with Crippen molar-refractivity contribution in [3.8, 4) is 34.4 Å². The highest BCUT2D eigenvalue weighted by Gasteiger charge is 2.22. The number of rotatable bonds is 9. The lowest BCUT2D eigenvalue weighted by Gasteiger charge is -2.17. The van der Waals surface area contributed by atoms with E-state index in [0.29, 0.717) is 39.4 Å². The summed E-state index contributed by atoms with van der Waals surface area (Å²) in [7, 11) is 1.62. The third kappa shape index (κ3) is 5.84. The summed E-state index contributed by atoms with van der Waals surface area (Å²) in [6, 6.07) is 18.9. The van der Waals surface area contributed by atoms with Crippen molar-refractivity contribution in [1.82, 2.24) is 9.66 Å². The molecular weight excluding hydrogens is 612 g/mol. The summed E-state index contributed by atoms with van der Waals surface area (Å²) in [5.41, 5.74) is 3.22. The van der Waals surface area contributed by atoms with Crippen LogP contribution in [0.5, 0.6) is 23.0 Å². The number of fused-ring (bicyclic) bond motifs is 2. The minimum atomic E-state index is -0.582. The predicted octanol–water partition coefficient (Wildman–Crippen LogP) is 7.26. The second kappa shape index (κ2) is 12.5. The smallest absolute Gasteiger partial charge is 0.313 e. The molecule has 0 N–H and O–H groups in total. The minimum absolute atomic E-state index is 0.00568. The zero-order chi connectivity index (χ0) is 32.5. The summed E-state index contributed by atoms with van der Waals surface area (Å²) in [5, 5.41) is 17.0. The molecule has 1 aromatic heterocycles. The standard InChI is InChI=1S/C34H29ClN4O7/c1-19(2)24-15-25(20(3)11-30(24)43-4)33-37-27-8-6-5-7-23(27)34(40)38(33)36-16-22-12-26(35)32(28(13-22)39(41)42)44-17-21-9-10-29-31(14-21)46-18-45-29/h5-16,19H,17-18H2,1-4H3. The van der Waals surface area contributed by atoms with Crippen LogP contribution in [-0.4, -0.2) is 34.7 Å². The fourth-order valence-electron chi connectivity index (χ4n) is 5.24. The summed E-state index contributed by atoms with van der Waals surface area (Å²) in [4.78, 5) is 30.1. The van der Waals surface area contributed by atoms with Gasteiger partial charge in [-0.2, -0.15) is 9.78 Å². The van der Waals surface area contributed by atoms with Gasteiger partial charge in [-0.1, -0.05) is 43.6 Å². The van der Waals surface area contributed by atoms with E-state index in [9.17, 15) is 14.9 Å². The van der Waals surface area contributed by atoms with Gasteiger partial charge < -0.3 is 18.9 Å². The quantitative estimate of drug-likeness (QED) is 0.0936. The molecule has 0 bridgehead atoms. The molecule has 0 saturated carbocycles. The van der Waals surface area contributed by atoms with Crippen LogP contribution in [0, 0.1) is 17.0 Å². The monoisotopic (exact) mass is 640 g/mol. The average Bonchev–Trinajstić information content (AvgIpc) is 3.51. The molecule has 4 aromatic carbocycles. The Labute approximate surface area is 268 Å².